The van der Waals surface area contributed by atoms with E-state index in [1.807, 2.05) is 6.07 Å². The van der Waals surface area contributed by atoms with Crippen molar-refractivity contribution in [3.05, 3.63) is 66.0 Å². The van der Waals surface area contributed by atoms with E-state index in [0.29, 0.717) is 6.61 Å². The monoisotopic (exact) mass is 384 g/mol. The molecule has 0 unspecified atom stereocenters. The van der Waals surface area contributed by atoms with Crippen LogP contribution < -0.4 is 4.90 Å². The molecule has 0 aromatic heterocycles. The summed E-state index contributed by atoms with van der Waals surface area (Å²) in [5, 5.41) is 10.6. The van der Waals surface area contributed by atoms with Crippen LogP contribution in [0.3, 0.4) is 0 Å². The summed E-state index contributed by atoms with van der Waals surface area (Å²) < 4.78 is 19.1. The zero-order valence-electron chi connectivity index (χ0n) is 16.2. The molecule has 1 heterocycles. The van der Waals surface area contributed by atoms with Crippen LogP contribution >= 0.6 is 0 Å². The number of anilines is 1. The highest BCUT2D eigenvalue weighted by molar-refractivity contribution is 5.46. The van der Waals surface area contributed by atoms with Crippen molar-refractivity contribution >= 4 is 5.69 Å². The van der Waals surface area contributed by atoms with Crippen LogP contribution in [-0.2, 0) is 11.3 Å². The molecule has 1 N–H and O–H groups in total. The lowest BCUT2D eigenvalue weighted by Crippen LogP contribution is -2.56. The molecule has 150 valence electrons. The fraction of sp³-hybridized carbons (Fsp3) is 0.478. The van der Waals surface area contributed by atoms with Crippen LogP contribution in [0.25, 0.3) is 0 Å². The Kier molecular flexibility index (Phi) is 6.25. The number of piperazine rings is 1. The molecule has 1 aliphatic heterocycles. The lowest BCUT2D eigenvalue weighted by molar-refractivity contribution is -0.0594. The van der Waals surface area contributed by atoms with Crippen LogP contribution in [0.15, 0.2) is 54.6 Å². The number of para-hydroxylation sites is 1. The van der Waals surface area contributed by atoms with Gasteiger partial charge in [-0.1, -0.05) is 30.3 Å². The third-order valence-electron chi connectivity index (χ3n) is 6.04. The number of aliphatic hydroxyl groups is 1. The molecule has 1 aliphatic carbocycles. The maximum Gasteiger partial charge on any atom is 0.123 e. The normalized spacial score (nSPS) is 26.4. The second-order valence-corrected chi connectivity index (χ2v) is 7.87. The van der Waals surface area contributed by atoms with E-state index in [9.17, 15) is 9.50 Å². The van der Waals surface area contributed by atoms with Crippen molar-refractivity contribution in [1.29, 1.82) is 0 Å². The molecule has 1 saturated heterocycles. The van der Waals surface area contributed by atoms with Gasteiger partial charge in [-0.25, -0.2) is 4.39 Å². The van der Waals surface area contributed by atoms with Gasteiger partial charge in [0.15, 0.2) is 0 Å². The molecule has 28 heavy (non-hydrogen) atoms. The standard InChI is InChI=1S/C23H29FN2O2/c24-19-8-6-18(7-9-19)17-28-21-10-11-23(27)22(16-21)26-14-12-25(13-15-26)20-4-2-1-3-5-20/h1-9,21-23,27H,10-17H2/t21-,22+,23+/m0/s1. The predicted octanol–water partition coefficient (Wildman–Crippen LogP) is 3.45. The van der Waals surface area contributed by atoms with E-state index in [2.05, 4.69) is 34.1 Å². The second-order valence-electron chi connectivity index (χ2n) is 7.87. The highest BCUT2D eigenvalue weighted by Crippen LogP contribution is 2.28. The van der Waals surface area contributed by atoms with Gasteiger partial charge in [-0.15, -0.1) is 0 Å². The molecule has 0 bridgehead atoms. The van der Waals surface area contributed by atoms with Crippen LogP contribution in [-0.4, -0.2) is 54.4 Å². The summed E-state index contributed by atoms with van der Waals surface area (Å²) in [6, 6.07) is 17.2. The Labute approximate surface area is 166 Å². The van der Waals surface area contributed by atoms with Gasteiger partial charge in [-0.3, -0.25) is 4.90 Å². The maximum absolute atomic E-state index is 13.0. The first-order valence-corrected chi connectivity index (χ1v) is 10.3. The minimum Gasteiger partial charge on any atom is -0.391 e. The Bertz CT molecular complexity index is 732. The number of ether oxygens (including phenoxy) is 1. The summed E-state index contributed by atoms with van der Waals surface area (Å²) in [6.45, 7) is 4.38. The zero-order chi connectivity index (χ0) is 19.3. The Morgan fingerprint density at radius 3 is 2.36 bits per heavy atom. The van der Waals surface area contributed by atoms with Crippen LogP contribution in [0.5, 0.6) is 0 Å². The Morgan fingerprint density at radius 2 is 1.64 bits per heavy atom. The number of hydrogen-bond acceptors (Lipinski definition) is 4. The summed E-state index contributed by atoms with van der Waals surface area (Å²) in [6.07, 6.45) is 2.37. The van der Waals surface area contributed by atoms with E-state index in [1.165, 1.54) is 17.8 Å². The molecule has 2 fully saturated rings. The molecular weight excluding hydrogens is 355 g/mol. The van der Waals surface area contributed by atoms with E-state index in [4.69, 9.17) is 4.74 Å². The second kappa shape index (κ2) is 9.03. The van der Waals surface area contributed by atoms with Gasteiger partial charge >= 0.3 is 0 Å². The maximum atomic E-state index is 13.0. The first-order valence-electron chi connectivity index (χ1n) is 10.3. The van der Waals surface area contributed by atoms with Crippen molar-refractivity contribution in [2.75, 3.05) is 31.1 Å². The number of rotatable bonds is 5. The fourth-order valence-corrected chi connectivity index (χ4v) is 4.38. The summed E-state index contributed by atoms with van der Waals surface area (Å²) >= 11 is 0. The van der Waals surface area contributed by atoms with Gasteiger partial charge in [0.05, 0.1) is 18.8 Å². The SMILES string of the molecule is O[C@@H]1CC[C@H](OCc2ccc(F)cc2)C[C@H]1N1CCN(c2ccccc2)CC1. The molecule has 0 amide bonds. The molecule has 2 aromatic carbocycles. The van der Waals surface area contributed by atoms with E-state index >= 15 is 0 Å². The molecule has 2 aliphatic rings. The Balaban J connectivity index is 1.29. The number of halogens is 1. The molecule has 0 radical (unpaired) electrons. The van der Waals surface area contributed by atoms with E-state index in [1.54, 1.807) is 12.1 Å². The van der Waals surface area contributed by atoms with Crippen molar-refractivity contribution in [2.24, 2.45) is 0 Å². The van der Waals surface area contributed by atoms with Crippen molar-refractivity contribution in [1.82, 2.24) is 4.90 Å². The summed E-state index contributed by atoms with van der Waals surface area (Å²) in [5.74, 6) is -0.223. The average Bonchev–Trinajstić information content (AvgIpc) is 2.75. The lowest BCUT2D eigenvalue weighted by Gasteiger charge is -2.44. The minimum absolute atomic E-state index is 0.144. The van der Waals surface area contributed by atoms with Crippen molar-refractivity contribution < 1.29 is 14.2 Å². The number of aliphatic hydroxyl groups excluding tert-OH is 1. The number of hydrogen-bond donors (Lipinski definition) is 1. The van der Waals surface area contributed by atoms with Crippen molar-refractivity contribution in [2.45, 2.75) is 44.1 Å². The molecule has 5 heteroatoms. The molecule has 2 aromatic rings. The first-order chi connectivity index (χ1) is 13.7. The van der Waals surface area contributed by atoms with Crippen molar-refractivity contribution in [3.63, 3.8) is 0 Å². The zero-order valence-corrected chi connectivity index (χ0v) is 16.2. The molecule has 3 atom stereocenters. The number of nitrogens with zero attached hydrogens (tertiary/aromatic N) is 2. The van der Waals surface area contributed by atoms with Gasteiger partial charge < -0.3 is 14.7 Å². The predicted molar refractivity (Wildman–Crippen MR) is 109 cm³/mol. The Morgan fingerprint density at radius 1 is 0.929 bits per heavy atom. The first kappa shape index (κ1) is 19.4. The average molecular weight is 384 g/mol. The fourth-order valence-electron chi connectivity index (χ4n) is 4.38. The van der Waals surface area contributed by atoms with Gasteiger partial charge in [0.2, 0.25) is 0 Å². The minimum atomic E-state index is -0.283. The Hall–Kier alpha value is -1.95. The highest BCUT2D eigenvalue weighted by atomic mass is 19.1. The summed E-state index contributed by atoms with van der Waals surface area (Å²) in [5.41, 5.74) is 2.26. The molecular formula is C23H29FN2O2. The summed E-state index contributed by atoms with van der Waals surface area (Å²) in [4.78, 5) is 4.84. The van der Waals surface area contributed by atoms with Crippen LogP contribution in [0.1, 0.15) is 24.8 Å². The molecule has 1 saturated carbocycles. The van der Waals surface area contributed by atoms with Gasteiger partial charge in [-0.05, 0) is 49.1 Å². The molecule has 0 spiro atoms. The van der Waals surface area contributed by atoms with E-state index in [-0.39, 0.29) is 24.1 Å². The lowest BCUT2D eigenvalue weighted by atomic mass is 9.88. The highest BCUT2D eigenvalue weighted by Gasteiger charge is 2.35. The van der Waals surface area contributed by atoms with E-state index in [0.717, 1.165) is 51.0 Å². The smallest absolute Gasteiger partial charge is 0.123 e. The summed E-state index contributed by atoms with van der Waals surface area (Å²) in [7, 11) is 0. The quantitative estimate of drug-likeness (QED) is 0.857. The third-order valence-corrected chi connectivity index (χ3v) is 6.04. The molecule has 4 nitrogen and oxygen atoms in total. The van der Waals surface area contributed by atoms with E-state index < -0.39 is 0 Å². The van der Waals surface area contributed by atoms with Crippen LogP contribution in [0.4, 0.5) is 10.1 Å². The van der Waals surface area contributed by atoms with Gasteiger partial charge in [0, 0.05) is 37.9 Å². The molecule has 4 rings (SSSR count). The number of benzene rings is 2. The van der Waals surface area contributed by atoms with Crippen molar-refractivity contribution in [3.8, 4) is 0 Å². The van der Waals surface area contributed by atoms with Gasteiger partial charge in [-0.2, -0.15) is 0 Å². The van der Waals surface area contributed by atoms with Gasteiger partial charge in [0.1, 0.15) is 5.82 Å². The third kappa shape index (κ3) is 4.72. The largest absolute Gasteiger partial charge is 0.391 e. The topological polar surface area (TPSA) is 35.9 Å². The van der Waals surface area contributed by atoms with Crippen LogP contribution in [0.2, 0.25) is 0 Å². The van der Waals surface area contributed by atoms with Gasteiger partial charge in [0.25, 0.3) is 0 Å². The van der Waals surface area contributed by atoms with Crippen LogP contribution in [0, 0.1) is 5.82 Å².